The van der Waals surface area contributed by atoms with Crippen LogP contribution in [0.2, 0.25) is 10.0 Å². The minimum atomic E-state index is 0.00911. The van der Waals surface area contributed by atoms with Crippen LogP contribution < -0.4 is 0 Å². The first-order valence-electron chi connectivity index (χ1n) is 8.70. The molecule has 136 valence electrons. The lowest BCUT2D eigenvalue weighted by Crippen LogP contribution is -1.94. The van der Waals surface area contributed by atoms with Crippen molar-refractivity contribution in [2.75, 3.05) is 0 Å². The number of carbonyl (C=O) groups excluding carboxylic acids is 1. The van der Waals surface area contributed by atoms with Gasteiger partial charge in [0.05, 0.1) is 10.6 Å². The van der Waals surface area contributed by atoms with Crippen molar-refractivity contribution < 1.29 is 4.79 Å². The summed E-state index contributed by atoms with van der Waals surface area (Å²) in [5.41, 5.74) is 4.66. The number of hydrogen-bond acceptors (Lipinski definition) is 2. The van der Waals surface area contributed by atoms with Crippen molar-refractivity contribution in [3.05, 3.63) is 92.8 Å². The SMILES string of the molecule is O=C1C(=Cc2c(-c3ccc(Cl)cc3)[nH]c3ccccc23)Sc2ccc(Cl)cc21. The summed E-state index contributed by atoms with van der Waals surface area (Å²) in [5, 5.41) is 2.33. The summed E-state index contributed by atoms with van der Waals surface area (Å²) >= 11 is 13.6. The van der Waals surface area contributed by atoms with Gasteiger partial charge < -0.3 is 4.98 Å². The molecule has 0 aliphatic carbocycles. The highest BCUT2D eigenvalue weighted by Crippen LogP contribution is 2.43. The molecular formula is C23H13Cl2NOS. The second kappa shape index (κ2) is 6.85. The maximum Gasteiger partial charge on any atom is 0.200 e. The molecule has 0 saturated carbocycles. The van der Waals surface area contributed by atoms with Crippen molar-refractivity contribution >= 4 is 57.7 Å². The van der Waals surface area contributed by atoms with Gasteiger partial charge in [-0.15, -0.1) is 0 Å². The van der Waals surface area contributed by atoms with E-state index in [4.69, 9.17) is 23.2 Å². The predicted molar refractivity (Wildman–Crippen MR) is 118 cm³/mol. The molecule has 0 spiro atoms. The molecule has 0 saturated heterocycles. The topological polar surface area (TPSA) is 32.9 Å². The minimum absolute atomic E-state index is 0.00911. The van der Waals surface area contributed by atoms with E-state index in [0.29, 0.717) is 20.5 Å². The molecule has 0 bridgehead atoms. The van der Waals surface area contributed by atoms with Crippen LogP contribution >= 0.6 is 35.0 Å². The third-order valence-electron chi connectivity index (χ3n) is 4.78. The summed E-state index contributed by atoms with van der Waals surface area (Å²) in [4.78, 5) is 18.0. The zero-order chi connectivity index (χ0) is 19.3. The Morgan fingerprint density at radius 3 is 2.46 bits per heavy atom. The largest absolute Gasteiger partial charge is 0.354 e. The Bertz CT molecular complexity index is 1270. The first kappa shape index (κ1) is 17.6. The summed E-state index contributed by atoms with van der Waals surface area (Å²) in [5.74, 6) is 0.00911. The van der Waals surface area contributed by atoms with E-state index < -0.39 is 0 Å². The average molecular weight is 422 g/mol. The fourth-order valence-electron chi connectivity index (χ4n) is 3.45. The summed E-state index contributed by atoms with van der Waals surface area (Å²) < 4.78 is 0. The van der Waals surface area contributed by atoms with Gasteiger partial charge in [-0.25, -0.2) is 0 Å². The van der Waals surface area contributed by atoms with Crippen LogP contribution in [0.1, 0.15) is 15.9 Å². The van der Waals surface area contributed by atoms with Gasteiger partial charge in [-0.2, -0.15) is 0 Å². The quantitative estimate of drug-likeness (QED) is 0.340. The molecule has 4 aromatic rings. The second-order valence-electron chi connectivity index (χ2n) is 6.55. The molecule has 1 N–H and O–H groups in total. The van der Waals surface area contributed by atoms with Gasteiger partial charge >= 0.3 is 0 Å². The molecule has 1 aliphatic heterocycles. The number of rotatable bonds is 2. The summed E-state index contributed by atoms with van der Waals surface area (Å²) in [6.45, 7) is 0. The number of fused-ring (bicyclic) bond motifs is 2. The molecule has 1 aromatic heterocycles. The Labute approximate surface area is 176 Å². The monoisotopic (exact) mass is 421 g/mol. The molecule has 28 heavy (non-hydrogen) atoms. The highest BCUT2D eigenvalue weighted by Gasteiger charge is 2.27. The van der Waals surface area contributed by atoms with E-state index in [9.17, 15) is 4.79 Å². The molecule has 0 radical (unpaired) electrons. The molecule has 0 fully saturated rings. The number of para-hydroxylation sites is 1. The van der Waals surface area contributed by atoms with Gasteiger partial charge in [-0.1, -0.05) is 65.3 Å². The fraction of sp³-hybridized carbons (Fsp3) is 0. The Morgan fingerprint density at radius 2 is 1.64 bits per heavy atom. The number of ketones is 1. The van der Waals surface area contributed by atoms with Gasteiger partial charge in [0.15, 0.2) is 0 Å². The van der Waals surface area contributed by atoms with Gasteiger partial charge in [-0.3, -0.25) is 4.79 Å². The Kier molecular flexibility index (Phi) is 4.31. The van der Waals surface area contributed by atoms with Crippen LogP contribution in [0.5, 0.6) is 0 Å². The summed E-state index contributed by atoms with van der Waals surface area (Å²) in [6, 6.07) is 21.2. The standard InChI is InChI=1S/C23H13Cl2NOS/c24-14-7-5-13(6-8-14)22-17(16-3-1-2-4-19(16)26-22)12-21-23(27)18-11-15(25)9-10-20(18)28-21/h1-12,26H. The molecule has 0 unspecified atom stereocenters. The lowest BCUT2D eigenvalue weighted by molar-refractivity contribution is 0.104. The molecular weight excluding hydrogens is 409 g/mol. The third-order valence-corrected chi connectivity index (χ3v) is 6.37. The molecule has 2 heterocycles. The van der Waals surface area contributed by atoms with Gasteiger partial charge in [0.1, 0.15) is 0 Å². The Hall–Kier alpha value is -2.46. The Morgan fingerprint density at radius 1 is 0.893 bits per heavy atom. The molecule has 2 nitrogen and oxygen atoms in total. The number of Topliss-reactive ketones (excluding diaryl/α,β-unsaturated/α-hetero) is 1. The molecule has 0 atom stereocenters. The number of H-pyrrole nitrogens is 1. The lowest BCUT2D eigenvalue weighted by Gasteiger charge is -2.03. The average Bonchev–Trinajstić information content (AvgIpc) is 3.21. The number of aromatic amines is 1. The van der Waals surface area contributed by atoms with E-state index in [1.54, 1.807) is 6.07 Å². The molecule has 1 aliphatic rings. The maximum atomic E-state index is 12.9. The summed E-state index contributed by atoms with van der Waals surface area (Å²) in [6.07, 6.45) is 1.98. The van der Waals surface area contributed by atoms with E-state index in [-0.39, 0.29) is 5.78 Å². The van der Waals surface area contributed by atoms with Crippen molar-refractivity contribution in [2.45, 2.75) is 4.90 Å². The number of thioether (sulfide) groups is 1. The first-order chi connectivity index (χ1) is 13.6. The molecule has 3 aromatic carbocycles. The number of allylic oxidation sites excluding steroid dienone is 1. The van der Waals surface area contributed by atoms with Crippen molar-refractivity contribution in [3.63, 3.8) is 0 Å². The van der Waals surface area contributed by atoms with Crippen LogP contribution in [0.15, 0.2) is 76.5 Å². The van der Waals surface area contributed by atoms with Crippen LogP contribution in [0, 0.1) is 0 Å². The van der Waals surface area contributed by atoms with Gasteiger partial charge in [0.2, 0.25) is 5.78 Å². The zero-order valence-electron chi connectivity index (χ0n) is 14.5. The van der Waals surface area contributed by atoms with Crippen molar-refractivity contribution in [1.29, 1.82) is 0 Å². The third kappa shape index (κ3) is 2.96. The van der Waals surface area contributed by atoms with Crippen molar-refractivity contribution in [1.82, 2.24) is 4.98 Å². The number of nitrogens with one attached hydrogen (secondary N) is 1. The number of carbonyl (C=O) groups is 1. The van der Waals surface area contributed by atoms with Crippen LogP contribution in [0.4, 0.5) is 0 Å². The zero-order valence-corrected chi connectivity index (χ0v) is 16.8. The number of halogens is 2. The smallest absolute Gasteiger partial charge is 0.200 e. The Balaban J connectivity index is 1.69. The molecule has 5 rings (SSSR count). The van der Waals surface area contributed by atoms with Gasteiger partial charge in [0, 0.05) is 37.0 Å². The van der Waals surface area contributed by atoms with Crippen LogP contribution in [0.25, 0.3) is 28.2 Å². The summed E-state index contributed by atoms with van der Waals surface area (Å²) in [7, 11) is 0. The van der Waals surface area contributed by atoms with E-state index in [0.717, 1.165) is 32.6 Å². The number of aromatic nitrogens is 1. The lowest BCUT2D eigenvalue weighted by atomic mass is 10.0. The van der Waals surface area contributed by atoms with E-state index >= 15 is 0 Å². The highest BCUT2D eigenvalue weighted by molar-refractivity contribution is 8.04. The predicted octanol–water partition coefficient (Wildman–Crippen LogP) is 7.47. The first-order valence-corrected chi connectivity index (χ1v) is 10.3. The maximum absolute atomic E-state index is 12.9. The molecule has 0 amide bonds. The van der Waals surface area contributed by atoms with Gasteiger partial charge in [0.25, 0.3) is 0 Å². The van der Waals surface area contributed by atoms with Crippen molar-refractivity contribution in [2.24, 2.45) is 0 Å². The van der Waals surface area contributed by atoms with E-state index in [1.165, 1.54) is 11.8 Å². The highest BCUT2D eigenvalue weighted by atomic mass is 35.5. The second-order valence-corrected chi connectivity index (χ2v) is 8.50. The van der Waals surface area contributed by atoms with Crippen molar-refractivity contribution in [3.8, 4) is 11.3 Å². The van der Waals surface area contributed by atoms with Crippen LogP contribution in [-0.4, -0.2) is 10.8 Å². The van der Waals surface area contributed by atoms with Crippen LogP contribution in [0.3, 0.4) is 0 Å². The fourth-order valence-corrected chi connectivity index (χ4v) is 4.76. The van der Waals surface area contributed by atoms with E-state index in [1.807, 2.05) is 60.7 Å². The number of benzene rings is 3. The van der Waals surface area contributed by atoms with Gasteiger partial charge in [-0.05, 0) is 48.0 Å². The van der Waals surface area contributed by atoms with Crippen LogP contribution in [-0.2, 0) is 0 Å². The minimum Gasteiger partial charge on any atom is -0.354 e. The molecule has 5 heteroatoms. The number of hydrogen-bond donors (Lipinski definition) is 1. The normalized spacial score (nSPS) is 14.8. The van der Waals surface area contributed by atoms with E-state index in [2.05, 4.69) is 11.1 Å².